The average molecular weight is 339 g/mol. The molecule has 0 saturated carbocycles. The van der Waals surface area contributed by atoms with Gasteiger partial charge in [0.1, 0.15) is 0 Å². The normalized spacial score (nSPS) is 19.8. The molecule has 1 aliphatic heterocycles. The number of amides is 1. The number of rotatable bonds is 4. The van der Waals surface area contributed by atoms with Gasteiger partial charge in [-0.25, -0.2) is 0 Å². The number of nitrogens with zero attached hydrogens (tertiary/aromatic N) is 2. The highest BCUT2D eigenvalue weighted by Gasteiger charge is 2.35. The number of hydrogen-bond donors (Lipinski definition) is 1. The number of hydrogen-bond acceptors (Lipinski definition) is 4. The maximum absolute atomic E-state index is 12.8. The zero-order valence-corrected chi connectivity index (χ0v) is 14.1. The summed E-state index contributed by atoms with van der Waals surface area (Å²) >= 11 is 0. The van der Waals surface area contributed by atoms with E-state index in [0.29, 0.717) is 30.8 Å². The minimum Gasteiger partial charge on any atom is -0.338 e. The van der Waals surface area contributed by atoms with Gasteiger partial charge in [0.05, 0.1) is 4.92 Å². The average Bonchev–Trinajstić information content (AvgIpc) is 3.06. The van der Waals surface area contributed by atoms with E-state index in [-0.39, 0.29) is 23.4 Å². The fourth-order valence-corrected chi connectivity index (χ4v) is 3.48. The van der Waals surface area contributed by atoms with E-state index >= 15 is 0 Å². The summed E-state index contributed by atoms with van der Waals surface area (Å²) < 4.78 is 0. The van der Waals surface area contributed by atoms with E-state index in [1.807, 2.05) is 18.2 Å². The van der Waals surface area contributed by atoms with Crippen molar-refractivity contribution in [1.82, 2.24) is 4.90 Å². The number of aryl methyl sites for hydroxylation is 1. The molecule has 1 aliphatic rings. The van der Waals surface area contributed by atoms with Crippen molar-refractivity contribution in [1.29, 1.82) is 0 Å². The summed E-state index contributed by atoms with van der Waals surface area (Å²) in [5.74, 6) is 0.197. The van der Waals surface area contributed by atoms with Crippen LogP contribution in [0, 0.1) is 23.0 Å². The fraction of sp³-hybridized carbons (Fsp3) is 0.316. The molecule has 0 aliphatic carbocycles. The minimum atomic E-state index is -0.453. The molecule has 2 N–H and O–H groups in total. The van der Waals surface area contributed by atoms with Gasteiger partial charge in [-0.2, -0.15) is 0 Å². The summed E-state index contributed by atoms with van der Waals surface area (Å²) in [6.07, 6.45) is 0. The second kappa shape index (κ2) is 7.03. The first kappa shape index (κ1) is 17.1. The van der Waals surface area contributed by atoms with Gasteiger partial charge in [-0.1, -0.05) is 36.4 Å². The van der Waals surface area contributed by atoms with Gasteiger partial charge < -0.3 is 10.6 Å². The number of likely N-dealkylation sites (tertiary alicyclic amines) is 1. The van der Waals surface area contributed by atoms with Gasteiger partial charge in [-0.05, 0) is 31.0 Å². The van der Waals surface area contributed by atoms with Crippen molar-refractivity contribution in [3.63, 3.8) is 0 Å². The SMILES string of the molecule is Cc1ccc(C(=O)N2C[C@@H](CN)[C@H](c3ccccc3)C2)cc1[N+](=O)[O-]. The Morgan fingerprint density at radius 1 is 1.24 bits per heavy atom. The van der Waals surface area contributed by atoms with Crippen LogP contribution in [-0.4, -0.2) is 35.4 Å². The lowest BCUT2D eigenvalue weighted by atomic mass is 9.89. The Morgan fingerprint density at radius 3 is 2.60 bits per heavy atom. The van der Waals surface area contributed by atoms with Crippen LogP contribution in [0.1, 0.15) is 27.4 Å². The molecule has 6 nitrogen and oxygen atoms in total. The van der Waals surface area contributed by atoms with Crippen LogP contribution < -0.4 is 5.73 Å². The summed E-state index contributed by atoms with van der Waals surface area (Å²) in [6, 6.07) is 14.7. The summed E-state index contributed by atoms with van der Waals surface area (Å²) in [4.78, 5) is 25.3. The molecule has 6 heteroatoms. The molecule has 1 amide bonds. The maximum Gasteiger partial charge on any atom is 0.273 e. The van der Waals surface area contributed by atoms with Crippen LogP contribution in [-0.2, 0) is 0 Å². The largest absolute Gasteiger partial charge is 0.338 e. The van der Waals surface area contributed by atoms with Gasteiger partial charge in [0.2, 0.25) is 0 Å². The molecular formula is C19H21N3O3. The van der Waals surface area contributed by atoms with Crippen molar-refractivity contribution in [3.05, 3.63) is 75.3 Å². The molecule has 130 valence electrons. The highest BCUT2D eigenvalue weighted by molar-refractivity contribution is 5.95. The Labute approximate surface area is 146 Å². The van der Waals surface area contributed by atoms with E-state index in [1.165, 1.54) is 11.6 Å². The molecule has 2 aromatic rings. The van der Waals surface area contributed by atoms with Crippen LogP contribution in [0.15, 0.2) is 48.5 Å². The molecule has 0 aromatic heterocycles. The quantitative estimate of drug-likeness (QED) is 0.685. The van der Waals surface area contributed by atoms with Crippen LogP contribution in [0.25, 0.3) is 0 Å². The number of benzene rings is 2. The number of nitro benzene ring substituents is 1. The summed E-state index contributed by atoms with van der Waals surface area (Å²) in [6.45, 7) is 3.30. The van der Waals surface area contributed by atoms with Crippen LogP contribution in [0.4, 0.5) is 5.69 Å². The van der Waals surface area contributed by atoms with Crippen LogP contribution >= 0.6 is 0 Å². The van der Waals surface area contributed by atoms with E-state index < -0.39 is 4.92 Å². The van der Waals surface area contributed by atoms with E-state index in [4.69, 9.17) is 5.73 Å². The summed E-state index contributed by atoms with van der Waals surface area (Å²) in [7, 11) is 0. The molecule has 1 heterocycles. The topological polar surface area (TPSA) is 89.5 Å². The molecular weight excluding hydrogens is 318 g/mol. The van der Waals surface area contributed by atoms with E-state index in [0.717, 1.165) is 0 Å². The lowest BCUT2D eigenvalue weighted by Gasteiger charge is -2.17. The summed E-state index contributed by atoms with van der Waals surface area (Å²) in [5.41, 5.74) is 7.96. The van der Waals surface area contributed by atoms with Gasteiger partial charge in [0, 0.05) is 36.2 Å². The Morgan fingerprint density at radius 2 is 1.96 bits per heavy atom. The van der Waals surface area contributed by atoms with E-state index in [9.17, 15) is 14.9 Å². The van der Waals surface area contributed by atoms with Crippen molar-refractivity contribution in [2.75, 3.05) is 19.6 Å². The number of nitrogens with two attached hydrogens (primary N) is 1. The van der Waals surface area contributed by atoms with E-state index in [2.05, 4.69) is 12.1 Å². The standard InChI is InChI=1S/C19H21N3O3/c1-13-7-8-15(9-18(13)22(24)25)19(23)21-11-16(10-20)17(12-21)14-5-3-2-4-6-14/h2-9,16-17H,10-12,20H2,1H3/t16-,17+/m1/s1. The van der Waals surface area contributed by atoms with Crippen molar-refractivity contribution >= 4 is 11.6 Å². The fourth-order valence-electron chi connectivity index (χ4n) is 3.48. The predicted molar refractivity (Wildman–Crippen MR) is 95.5 cm³/mol. The second-order valence-electron chi connectivity index (χ2n) is 6.48. The van der Waals surface area contributed by atoms with Crippen molar-refractivity contribution in [2.24, 2.45) is 11.7 Å². The molecule has 0 unspecified atom stereocenters. The zero-order valence-electron chi connectivity index (χ0n) is 14.1. The molecule has 0 spiro atoms. The van der Waals surface area contributed by atoms with Gasteiger partial charge in [0.25, 0.3) is 11.6 Å². The molecule has 3 rings (SSSR count). The van der Waals surface area contributed by atoms with Crippen molar-refractivity contribution < 1.29 is 9.72 Å². The molecule has 2 atom stereocenters. The van der Waals surface area contributed by atoms with E-state index in [1.54, 1.807) is 24.0 Å². The lowest BCUT2D eigenvalue weighted by molar-refractivity contribution is -0.385. The first-order chi connectivity index (χ1) is 12.0. The summed E-state index contributed by atoms with van der Waals surface area (Å²) in [5, 5.41) is 11.1. The van der Waals surface area contributed by atoms with Crippen molar-refractivity contribution in [3.8, 4) is 0 Å². The zero-order chi connectivity index (χ0) is 18.0. The van der Waals surface area contributed by atoms with Gasteiger partial charge >= 0.3 is 0 Å². The Hall–Kier alpha value is -2.73. The lowest BCUT2D eigenvalue weighted by Crippen LogP contribution is -2.29. The highest BCUT2D eigenvalue weighted by Crippen LogP contribution is 2.33. The smallest absolute Gasteiger partial charge is 0.273 e. The molecule has 25 heavy (non-hydrogen) atoms. The van der Waals surface area contributed by atoms with Gasteiger partial charge in [-0.15, -0.1) is 0 Å². The number of carbonyl (C=O) groups is 1. The number of nitro groups is 1. The Balaban J connectivity index is 1.84. The third-order valence-corrected chi connectivity index (χ3v) is 4.91. The van der Waals surface area contributed by atoms with Crippen LogP contribution in [0.3, 0.4) is 0 Å². The monoisotopic (exact) mass is 339 g/mol. The maximum atomic E-state index is 12.8. The van der Waals surface area contributed by atoms with Crippen LogP contribution in [0.5, 0.6) is 0 Å². The first-order valence-electron chi connectivity index (χ1n) is 8.30. The van der Waals surface area contributed by atoms with Crippen LogP contribution in [0.2, 0.25) is 0 Å². The Kier molecular flexibility index (Phi) is 4.81. The second-order valence-corrected chi connectivity index (χ2v) is 6.48. The Bertz CT molecular complexity index is 792. The van der Waals surface area contributed by atoms with Crippen molar-refractivity contribution in [2.45, 2.75) is 12.8 Å². The third-order valence-electron chi connectivity index (χ3n) is 4.91. The highest BCUT2D eigenvalue weighted by atomic mass is 16.6. The third kappa shape index (κ3) is 3.39. The first-order valence-corrected chi connectivity index (χ1v) is 8.30. The predicted octanol–water partition coefficient (Wildman–Crippen LogP) is 2.72. The molecule has 1 fully saturated rings. The molecule has 2 aromatic carbocycles. The molecule has 0 bridgehead atoms. The number of carbonyl (C=O) groups excluding carboxylic acids is 1. The van der Waals surface area contributed by atoms with Gasteiger partial charge in [0.15, 0.2) is 0 Å². The molecule has 0 radical (unpaired) electrons. The van der Waals surface area contributed by atoms with Gasteiger partial charge in [-0.3, -0.25) is 14.9 Å². The molecule has 1 saturated heterocycles. The minimum absolute atomic E-state index is 0.0277.